The molecule has 0 unspecified atom stereocenters. The summed E-state index contributed by atoms with van der Waals surface area (Å²) in [5.74, 6) is 0. The van der Waals surface area contributed by atoms with Gasteiger partial charge in [0.1, 0.15) is 5.52 Å². The molecule has 0 spiro atoms. The van der Waals surface area contributed by atoms with Gasteiger partial charge in [0.15, 0.2) is 5.52 Å². The zero-order valence-electron chi connectivity index (χ0n) is 8.76. The van der Waals surface area contributed by atoms with Gasteiger partial charge in [0, 0.05) is 0 Å². The molecule has 1 aromatic carbocycles. The van der Waals surface area contributed by atoms with Crippen LogP contribution in [-0.4, -0.2) is 15.1 Å². The molecule has 0 amide bonds. The van der Waals surface area contributed by atoms with Gasteiger partial charge in [-0.3, -0.25) is 0 Å². The van der Waals surface area contributed by atoms with Crippen LogP contribution < -0.4 is 4.90 Å². The molecule has 0 bridgehead atoms. The second-order valence-corrected chi connectivity index (χ2v) is 3.73. The van der Waals surface area contributed by atoms with Gasteiger partial charge < -0.3 is 9.84 Å². The Kier molecular flexibility index (Phi) is 1.62. The molecule has 0 N–H and O–H groups in total. The van der Waals surface area contributed by atoms with E-state index < -0.39 is 0 Å². The summed E-state index contributed by atoms with van der Waals surface area (Å²) in [5, 5.41) is 14.7. The molecule has 0 aliphatic carbocycles. The summed E-state index contributed by atoms with van der Waals surface area (Å²) in [7, 11) is 0. The number of aryl methyl sites for hydroxylation is 2. The predicted octanol–water partition coefficient (Wildman–Crippen LogP) is 1.02. The monoisotopic (exact) mass is 216 g/mol. The SMILES string of the molecule is Cc1cc2nc3no[n+]([O-])c3nc2cc1C. The van der Waals surface area contributed by atoms with Crippen molar-refractivity contribution in [2.45, 2.75) is 13.8 Å². The van der Waals surface area contributed by atoms with E-state index in [1.165, 1.54) is 0 Å². The fourth-order valence-corrected chi connectivity index (χ4v) is 1.59. The summed E-state index contributed by atoms with van der Waals surface area (Å²) in [4.78, 5) is 8.64. The summed E-state index contributed by atoms with van der Waals surface area (Å²) in [6.07, 6.45) is 0. The van der Waals surface area contributed by atoms with E-state index in [-0.39, 0.29) is 16.2 Å². The third-order valence-electron chi connectivity index (χ3n) is 2.62. The average molecular weight is 216 g/mol. The van der Waals surface area contributed by atoms with E-state index in [9.17, 15) is 5.21 Å². The van der Waals surface area contributed by atoms with E-state index in [0.29, 0.717) is 11.0 Å². The van der Waals surface area contributed by atoms with E-state index in [4.69, 9.17) is 0 Å². The highest BCUT2D eigenvalue weighted by atomic mass is 16.8. The predicted molar refractivity (Wildman–Crippen MR) is 55.5 cm³/mol. The van der Waals surface area contributed by atoms with Crippen LogP contribution in [0.4, 0.5) is 0 Å². The molecule has 0 saturated heterocycles. The highest BCUT2D eigenvalue weighted by Gasteiger charge is 2.14. The highest BCUT2D eigenvalue weighted by molar-refractivity contribution is 5.82. The minimum Gasteiger partial charge on any atom is -0.391 e. The first kappa shape index (κ1) is 9.02. The Balaban J connectivity index is 2.48. The van der Waals surface area contributed by atoms with Gasteiger partial charge in [0.2, 0.25) is 0 Å². The first-order chi connectivity index (χ1) is 7.65. The molecule has 3 aromatic rings. The van der Waals surface area contributed by atoms with Crippen molar-refractivity contribution in [2.24, 2.45) is 0 Å². The van der Waals surface area contributed by atoms with Crippen molar-refractivity contribution in [1.82, 2.24) is 15.1 Å². The van der Waals surface area contributed by atoms with Crippen LogP contribution in [0.15, 0.2) is 16.8 Å². The molecule has 6 heteroatoms. The number of hydrogen-bond acceptors (Lipinski definition) is 5. The molecule has 0 atom stereocenters. The Morgan fingerprint density at radius 2 is 1.75 bits per heavy atom. The lowest BCUT2D eigenvalue weighted by Gasteiger charge is -1.99. The quantitative estimate of drug-likeness (QED) is 0.524. The number of aromatic nitrogens is 4. The van der Waals surface area contributed by atoms with Crippen molar-refractivity contribution in [2.75, 3.05) is 0 Å². The van der Waals surface area contributed by atoms with E-state index in [0.717, 1.165) is 11.1 Å². The molecule has 0 aliphatic rings. The first-order valence-electron chi connectivity index (χ1n) is 4.79. The Labute approximate surface area is 90.1 Å². The maximum atomic E-state index is 11.2. The Morgan fingerprint density at radius 3 is 2.44 bits per heavy atom. The number of hydrogen-bond donors (Lipinski definition) is 0. The van der Waals surface area contributed by atoms with Crippen LogP contribution in [0.25, 0.3) is 22.3 Å². The Hall–Kier alpha value is -2.24. The second-order valence-electron chi connectivity index (χ2n) is 3.73. The molecule has 0 aliphatic heterocycles. The Morgan fingerprint density at radius 1 is 1.12 bits per heavy atom. The highest BCUT2D eigenvalue weighted by Crippen LogP contribution is 2.17. The zero-order valence-corrected chi connectivity index (χ0v) is 8.76. The van der Waals surface area contributed by atoms with Crippen LogP contribution >= 0.6 is 0 Å². The number of rotatable bonds is 0. The minimum atomic E-state index is 0.107. The third-order valence-corrected chi connectivity index (χ3v) is 2.62. The van der Waals surface area contributed by atoms with Crippen molar-refractivity contribution >= 4 is 22.3 Å². The first-order valence-corrected chi connectivity index (χ1v) is 4.79. The lowest BCUT2D eigenvalue weighted by atomic mass is 10.1. The number of nitrogens with zero attached hydrogens (tertiary/aromatic N) is 4. The van der Waals surface area contributed by atoms with Gasteiger partial charge in [-0.1, -0.05) is 9.89 Å². The van der Waals surface area contributed by atoms with Crippen molar-refractivity contribution in [3.8, 4) is 0 Å². The van der Waals surface area contributed by atoms with Crippen LogP contribution in [0.1, 0.15) is 11.1 Å². The maximum Gasteiger partial charge on any atom is 0.362 e. The van der Waals surface area contributed by atoms with Crippen LogP contribution in [0.2, 0.25) is 0 Å². The molecule has 2 heterocycles. The molecular formula is C10H8N4O2. The minimum absolute atomic E-state index is 0.107. The lowest BCUT2D eigenvalue weighted by Crippen LogP contribution is -2.23. The summed E-state index contributed by atoms with van der Waals surface area (Å²) in [6, 6.07) is 3.81. The molecular weight excluding hydrogens is 208 g/mol. The summed E-state index contributed by atoms with van der Waals surface area (Å²) in [5.41, 5.74) is 3.95. The normalized spacial score (nSPS) is 11.4. The van der Waals surface area contributed by atoms with Gasteiger partial charge in [-0.05, 0) is 42.3 Å². The molecule has 0 fully saturated rings. The topological polar surface area (TPSA) is 78.8 Å². The molecule has 3 rings (SSSR count). The van der Waals surface area contributed by atoms with Crippen LogP contribution in [0.5, 0.6) is 0 Å². The standard InChI is InChI=1S/C10H8N4O2/c1-5-3-7-8(4-6(5)2)12-10-9(11-7)13-16-14(10)15/h3-4H,1-2H3. The van der Waals surface area contributed by atoms with Gasteiger partial charge in [0.25, 0.3) is 0 Å². The van der Waals surface area contributed by atoms with Gasteiger partial charge in [-0.25, -0.2) is 4.98 Å². The van der Waals surface area contributed by atoms with E-state index in [1.54, 1.807) is 0 Å². The molecule has 0 radical (unpaired) electrons. The summed E-state index contributed by atoms with van der Waals surface area (Å²) in [6.45, 7) is 3.98. The van der Waals surface area contributed by atoms with Crippen LogP contribution in [0.3, 0.4) is 0 Å². The second kappa shape index (κ2) is 2.88. The van der Waals surface area contributed by atoms with Gasteiger partial charge in [0.05, 0.1) is 0 Å². The van der Waals surface area contributed by atoms with E-state index in [1.807, 2.05) is 26.0 Å². The summed E-state index contributed by atoms with van der Waals surface area (Å²) < 4.78 is 4.43. The number of fused-ring (bicyclic) bond motifs is 2. The van der Waals surface area contributed by atoms with Gasteiger partial charge in [-0.15, -0.1) is 0 Å². The fourth-order valence-electron chi connectivity index (χ4n) is 1.59. The van der Waals surface area contributed by atoms with E-state index in [2.05, 4.69) is 19.8 Å². The Bertz CT molecular complexity index is 705. The van der Waals surface area contributed by atoms with Crippen LogP contribution in [0, 0.1) is 19.1 Å². The van der Waals surface area contributed by atoms with Crippen molar-refractivity contribution < 1.29 is 9.53 Å². The van der Waals surface area contributed by atoms with Crippen LogP contribution in [-0.2, 0) is 0 Å². The third kappa shape index (κ3) is 1.13. The fraction of sp³-hybridized carbons (Fsp3) is 0.200. The molecule has 16 heavy (non-hydrogen) atoms. The average Bonchev–Trinajstić information content (AvgIpc) is 2.59. The molecule has 80 valence electrons. The van der Waals surface area contributed by atoms with Crippen molar-refractivity contribution in [3.63, 3.8) is 0 Å². The van der Waals surface area contributed by atoms with Crippen molar-refractivity contribution in [3.05, 3.63) is 28.5 Å². The maximum absolute atomic E-state index is 11.2. The largest absolute Gasteiger partial charge is 0.391 e. The lowest BCUT2D eigenvalue weighted by molar-refractivity contribution is -0.783. The molecule has 2 aromatic heterocycles. The molecule has 0 saturated carbocycles. The number of benzene rings is 1. The molecule has 6 nitrogen and oxygen atoms in total. The van der Waals surface area contributed by atoms with Gasteiger partial charge in [-0.2, -0.15) is 0 Å². The van der Waals surface area contributed by atoms with Crippen molar-refractivity contribution in [1.29, 1.82) is 0 Å². The van der Waals surface area contributed by atoms with Gasteiger partial charge >= 0.3 is 11.3 Å². The summed E-state index contributed by atoms with van der Waals surface area (Å²) >= 11 is 0. The smallest absolute Gasteiger partial charge is 0.362 e. The van der Waals surface area contributed by atoms with E-state index >= 15 is 0 Å². The zero-order chi connectivity index (χ0) is 11.3.